The zero-order chi connectivity index (χ0) is 18.1. The van der Waals surface area contributed by atoms with Crippen molar-refractivity contribution in [2.75, 3.05) is 5.32 Å². The molecule has 0 saturated carbocycles. The Labute approximate surface area is 148 Å². The molecule has 1 aromatic heterocycles. The van der Waals surface area contributed by atoms with Gasteiger partial charge in [0.25, 0.3) is 5.91 Å². The summed E-state index contributed by atoms with van der Waals surface area (Å²) in [6.07, 6.45) is 0. The number of aromatic amines is 1. The molecule has 5 heteroatoms. The number of carbonyl (C=O) groups excluding carboxylic acids is 1. The van der Waals surface area contributed by atoms with Crippen molar-refractivity contribution in [3.8, 4) is 11.3 Å². The second-order valence-corrected chi connectivity index (χ2v) is 5.96. The number of benzene rings is 3. The fourth-order valence-electron chi connectivity index (χ4n) is 2.83. The molecule has 0 radical (unpaired) electrons. The first-order valence-electron chi connectivity index (χ1n) is 8.04. The van der Waals surface area contributed by atoms with Crippen molar-refractivity contribution in [2.45, 2.75) is 0 Å². The summed E-state index contributed by atoms with van der Waals surface area (Å²) < 4.78 is 26.5. The van der Waals surface area contributed by atoms with Crippen LogP contribution < -0.4 is 5.32 Å². The molecule has 128 valence electrons. The topological polar surface area (TPSA) is 44.9 Å². The third kappa shape index (κ3) is 3.19. The first kappa shape index (κ1) is 16.0. The lowest BCUT2D eigenvalue weighted by molar-refractivity contribution is 0.102. The van der Waals surface area contributed by atoms with E-state index in [1.165, 1.54) is 30.3 Å². The van der Waals surface area contributed by atoms with Gasteiger partial charge in [-0.05, 0) is 60.2 Å². The molecule has 0 saturated heterocycles. The summed E-state index contributed by atoms with van der Waals surface area (Å²) in [5.41, 5.74) is 3.47. The second kappa shape index (κ2) is 6.44. The van der Waals surface area contributed by atoms with Gasteiger partial charge in [-0.15, -0.1) is 0 Å². The summed E-state index contributed by atoms with van der Waals surface area (Å²) in [5.74, 6) is -1.11. The van der Waals surface area contributed by atoms with E-state index in [4.69, 9.17) is 0 Å². The van der Waals surface area contributed by atoms with Crippen molar-refractivity contribution in [1.29, 1.82) is 0 Å². The van der Waals surface area contributed by atoms with Gasteiger partial charge in [0.1, 0.15) is 11.6 Å². The summed E-state index contributed by atoms with van der Waals surface area (Å²) in [4.78, 5) is 15.4. The molecular weight excluding hydrogens is 334 g/mol. The molecule has 0 spiro atoms. The Balaban J connectivity index is 1.55. The van der Waals surface area contributed by atoms with Crippen LogP contribution in [0.15, 0.2) is 72.8 Å². The van der Waals surface area contributed by atoms with Crippen LogP contribution in [0.3, 0.4) is 0 Å². The number of fused-ring (bicyclic) bond motifs is 1. The van der Waals surface area contributed by atoms with E-state index < -0.39 is 5.82 Å². The Hall–Kier alpha value is -3.47. The number of H-pyrrole nitrogens is 1. The van der Waals surface area contributed by atoms with E-state index >= 15 is 0 Å². The second-order valence-electron chi connectivity index (χ2n) is 5.96. The van der Waals surface area contributed by atoms with Gasteiger partial charge in [-0.25, -0.2) is 8.78 Å². The van der Waals surface area contributed by atoms with Crippen LogP contribution in [0.1, 0.15) is 10.4 Å². The third-order valence-corrected chi connectivity index (χ3v) is 4.12. The molecule has 3 nitrogen and oxygen atoms in total. The SMILES string of the molecule is O=C(Nc1ccc(-c2cc3cc(F)ccc3[nH]2)cc1)c1cccc(F)c1. The van der Waals surface area contributed by atoms with Crippen molar-refractivity contribution < 1.29 is 13.6 Å². The first-order chi connectivity index (χ1) is 12.6. The van der Waals surface area contributed by atoms with Crippen LogP contribution in [-0.4, -0.2) is 10.9 Å². The Morgan fingerprint density at radius 3 is 2.38 bits per heavy atom. The molecule has 26 heavy (non-hydrogen) atoms. The maximum absolute atomic E-state index is 13.3. The highest BCUT2D eigenvalue weighted by Crippen LogP contribution is 2.26. The van der Waals surface area contributed by atoms with E-state index in [0.717, 1.165) is 22.2 Å². The molecule has 1 amide bonds. The molecule has 2 N–H and O–H groups in total. The number of halogens is 2. The van der Waals surface area contributed by atoms with Gasteiger partial charge in [0.15, 0.2) is 0 Å². The minimum atomic E-state index is -0.455. The lowest BCUT2D eigenvalue weighted by Crippen LogP contribution is -2.11. The number of nitrogens with one attached hydrogen (secondary N) is 2. The molecule has 0 fully saturated rings. The van der Waals surface area contributed by atoms with Gasteiger partial charge in [-0.1, -0.05) is 18.2 Å². The zero-order valence-corrected chi connectivity index (χ0v) is 13.6. The van der Waals surface area contributed by atoms with Crippen molar-refractivity contribution in [1.82, 2.24) is 4.98 Å². The van der Waals surface area contributed by atoms with E-state index in [0.29, 0.717) is 5.69 Å². The van der Waals surface area contributed by atoms with E-state index in [9.17, 15) is 13.6 Å². The minimum absolute atomic E-state index is 0.256. The van der Waals surface area contributed by atoms with E-state index in [2.05, 4.69) is 10.3 Å². The monoisotopic (exact) mass is 348 g/mol. The van der Waals surface area contributed by atoms with Gasteiger partial charge in [0.2, 0.25) is 0 Å². The van der Waals surface area contributed by atoms with E-state index in [1.807, 2.05) is 18.2 Å². The lowest BCUT2D eigenvalue weighted by atomic mass is 10.1. The van der Waals surface area contributed by atoms with Crippen LogP contribution in [0, 0.1) is 11.6 Å². The molecule has 0 aliphatic carbocycles. The molecule has 0 unspecified atom stereocenters. The molecule has 0 bridgehead atoms. The molecular formula is C21H14F2N2O. The van der Waals surface area contributed by atoms with Gasteiger partial charge in [-0.2, -0.15) is 0 Å². The number of hydrogen-bond donors (Lipinski definition) is 2. The zero-order valence-electron chi connectivity index (χ0n) is 13.6. The number of anilines is 1. The standard InChI is InChI=1S/C21H14F2N2O/c22-16-3-1-2-14(10-16)21(26)24-18-7-4-13(5-8-18)20-12-15-11-17(23)6-9-19(15)25-20/h1-12,25H,(H,24,26). The summed E-state index contributed by atoms with van der Waals surface area (Å²) in [7, 11) is 0. The highest BCUT2D eigenvalue weighted by Gasteiger charge is 2.08. The Kier molecular flexibility index (Phi) is 3.97. The van der Waals surface area contributed by atoms with Gasteiger partial charge in [0.05, 0.1) is 0 Å². The third-order valence-electron chi connectivity index (χ3n) is 4.12. The fourth-order valence-corrected chi connectivity index (χ4v) is 2.83. The van der Waals surface area contributed by atoms with Gasteiger partial charge in [-0.3, -0.25) is 4.79 Å². The number of hydrogen-bond acceptors (Lipinski definition) is 1. The summed E-state index contributed by atoms with van der Waals surface area (Å²) in [6.45, 7) is 0. The summed E-state index contributed by atoms with van der Waals surface area (Å²) in [5, 5.41) is 3.53. The molecule has 4 aromatic rings. The van der Waals surface area contributed by atoms with E-state index in [1.54, 1.807) is 24.3 Å². The maximum atomic E-state index is 13.3. The molecule has 0 atom stereocenters. The highest BCUT2D eigenvalue weighted by molar-refractivity contribution is 6.04. The minimum Gasteiger partial charge on any atom is -0.355 e. The van der Waals surface area contributed by atoms with Crippen LogP contribution in [-0.2, 0) is 0 Å². The molecule has 1 heterocycles. The fraction of sp³-hybridized carbons (Fsp3) is 0. The van der Waals surface area contributed by atoms with Crippen molar-refractivity contribution in [3.05, 3.63) is 90.0 Å². The largest absolute Gasteiger partial charge is 0.355 e. The maximum Gasteiger partial charge on any atom is 0.255 e. The molecule has 4 rings (SSSR count). The van der Waals surface area contributed by atoms with Gasteiger partial charge in [0, 0.05) is 27.8 Å². The normalized spacial score (nSPS) is 10.8. The molecule has 0 aliphatic heterocycles. The smallest absolute Gasteiger partial charge is 0.255 e. The first-order valence-corrected chi connectivity index (χ1v) is 8.04. The van der Waals surface area contributed by atoms with Crippen molar-refractivity contribution >= 4 is 22.5 Å². The number of amides is 1. The van der Waals surface area contributed by atoms with Gasteiger partial charge < -0.3 is 10.3 Å². The summed E-state index contributed by atoms with van der Waals surface area (Å²) in [6, 6.07) is 19.2. The average molecular weight is 348 g/mol. The van der Waals surface area contributed by atoms with Gasteiger partial charge >= 0.3 is 0 Å². The van der Waals surface area contributed by atoms with Crippen molar-refractivity contribution in [2.24, 2.45) is 0 Å². The Morgan fingerprint density at radius 1 is 0.846 bits per heavy atom. The van der Waals surface area contributed by atoms with Crippen LogP contribution in [0.5, 0.6) is 0 Å². The summed E-state index contributed by atoms with van der Waals surface area (Å²) >= 11 is 0. The number of carbonyl (C=O) groups is 1. The Morgan fingerprint density at radius 2 is 1.62 bits per heavy atom. The van der Waals surface area contributed by atoms with Crippen LogP contribution in [0.4, 0.5) is 14.5 Å². The van der Waals surface area contributed by atoms with Crippen LogP contribution in [0.25, 0.3) is 22.2 Å². The van der Waals surface area contributed by atoms with Crippen molar-refractivity contribution in [3.63, 3.8) is 0 Å². The predicted octanol–water partition coefficient (Wildman–Crippen LogP) is 5.37. The lowest BCUT2D eigenvalue weighted by Gasteiger charge is -2.06. The van der Waals surface area contributed by atoms with Crippen LogP contribution in [0.2, 0.25) is 0 Å². The quantitative estimate of drug-likeness (QED) is 0.514. The molecule has 3 aromatic carbocycles. The molecule has 0 aliphatic rings. The highest BCUT2D eigenvalue weighted by atomic mass is 19.1. The number of rotatable bonds is 3. The Bertz CT molecular complexity index is 1100. The van der Waals surface area contributed by atoms with E-state index in [-0.39, 0.29) is 17.3 Å². The number of aromatic nitrogens is 1. The predicted molar refractivity (Wildman–Crippen MR) is 98.0 cm³/mol. The van der Waals surface area contributed by atoms with Crippen LogP contribution >= 0.6 is 0 Å². The average Bonchev–Trinajstić information content (AvgIpc) is 3.05.